The van der Waals surface area contributed by atoms with Crippen LogP contribution in [0.25, 0.3) is 0 Å². The standard InChI is InChI=1S/C15H23BrN2O3/c1-15(2,3)21-14(19)18-12(10-4-5-10)8-17-9-13-11(16)6-7-20-13/h6-7,10,12,17H,4-5,8-9H2,1-3H3,(H,18,19). The molecule has 1 aliphatic rings. The Kier molecular flexibility index (Phi) is 5.32. The molecule has 5 nitrogen and oxygen atoms in total. The molecule has 0 saturated heterocycles. The van der Waals surface area contributed by atoms with E-state index < -0.39 is 5.60 Å². The Hall–Kier alpha value is -1.01. The molecule has 0 bridgehead atoms. The first kappa shape index (κ1) is 16.4. The van der Waals surface area contributed by atoms with Gasteiger partial charge in [0.15, 0.2) is 0 Å². The number of carbonyl (C=O) groups is 1. The minimum absolute atomic E-state index is 0.105. The Morgan fingerprint density at radius 2 is 2.24 bits per heavy atom. The molecule has 1 unspecified atom stereocenters. The molecule has 1 fully saturated rings. The Bertz CT molecular complexity index is 478. The van der Waals surface area contributed by atoms with Gasteiger partial charge in [0.2, 0.25) is 0 Å². The summed E-state index contributed by atoms with van der Waals surface area (Å²) in [7, 11) is 0. The zero-order chi connectivity index (χ0) is 15.5. The summed E-state index contributed by atoms with van der Waals surface area (Å²) in [6.45, 7) is 6.94. The maximum absolute atomic E-state index is 11.9. The molecule has 1 saturated carbocycles. The fourth-order valence-corrected chi connectivity index (χ4v) is 2.43. The number of ether oxygens (including phenoxy) is 1. The van der Waals surface area contributed by atoms with E-state index in [2.05, 4.69) is 26.6 Å². The van der Waals surface area contributed by atoms with Crippen LogP contribution in [0, 0.1) is 5.92 Å². The molecule has 1 aromatic heterocycles. The monoisotopic (exact) mass is 358 g/mol. The van der Waals surface area contributed by atoms with Gasteiger partial charge in [-0.3, -0.25) is 0 Å². The van der Waals surface area contributed by atoms with Crippen LogP contribution in [-0.2, 0) is 11.3 Å². The molecule has 1 atom stereocenters. The fourth-order valence-electron chi connectivity index (χ4n) is 2.09. The van der Waals surface area contributed by atoms with Crippen LogP contribution in [0.3, 0.4) is 0 Å². The maximum Gasteiger partial charge on any atom is 0.407 e. The molecule has 0 aromatic carbocycles. The summed E-state index contributed by atoms with van der Waals surface area (Å²) in [5.74, 6) is 1.41. The van der Waals surface area contributed by atoms with Gasteiger partial charge in [-0.25, -0.2) is 4.79 Å². The van der Waals surface area contributed by atoms with Crippen LogP contribution in [0.1, 0.15) is 39.4 Å². The number of nitrogens with one attached hydrogen (secondary N) is 2. The van der Waals surface area contributed by atoms with Crippen LogP contribution in [0.2, 0.25) is 0 Å². The molecule has 21 heavy (non-hydrogen) atoms. The summed E-state index contributed by atoms with van der Waals surface area (Å²) in [6, 6.07) is 1.97. The first-order valence-corrected chi connectivity index (χ1v) is 8.06. The molecular weight excluding hydrogens is 336 g/mol. The highest BCUT2D eigenvalue weighted by Crippen LogP contribution is 2.32. The summed E-state index contributed by atoms with van der Waals surface area (Å²) < 4.78 is 11.6. The van der Waals surface area contributed by atoms with Gasteiger partial charge in [-0.05, 0) is 61.5 Å². The average Bonchev–Trinajstić information content (AvgIpc) is 3.11. The van der Waals surface area contributed by atoms with E-state index in [1.807, 2.05) is 26.8 Å². The molecule has 118 valence electrons. The van der Waals surface area contributed by atoms with E-state index in [0.29, 0.717) is 19.0 Å². The summed E-state index contributed by atoms with van der Waals surface area (Å²) in [5, 5.41) is 6.29. The van der Waals surface area contributed by atoms with Gasteiger partial charge in [0, 0.05) is 12.6 Å². The van der Waals surface area contributed by atoms with E-state index in [4.69, 9.17) is 9.15 Å². The van der Waals surface area contributed by atoms with Gasteiger partial charge in [0.05, 0.1) is 17.3 Å². The lowest BCUT2D eigenvalue weighted by Gasteiger charge is -2.23. The van der Waals surface area contributed by atoms with Crippen molar-refractivity contribution < 1.29 is 13.9 Å². The lowest BCUT2D eigenvalue weighted by Crippen LogP contribution is -2.45. The topological polar surface area (TPSA) is 63.5 Å². The SMILES string of the molecule is CC(C)(C)OC(=O)NC(CNCc1occc1Br)C1CC1. The van der Waals surface area contributed by atoms with Crippen LogP contribution in [0.5, 0.6) is 0 Å². The van der Waals surface area contributed by atoms with Gasteiger partial charge in [-0.1, -0.05) is 0 Å². The number of hydrogen-bond donors (Lipinski definition) is 2. The third-order valence-electron chi connectivity index (χ3n) is 3.23. The van der Waals surface area contributed by atoms with Crippen LogP contribution < -0.4 is 10.6 Å². The summed E-state index contributed by atoms with van der Waals surface area (Å²) in [4.78, 5) is 11.9. The van der Waals surface area contributed by atoms with Gasteiger partial charge in [-0.2, -0.15) is 0 Å². The van der Waals surface area contributed by atoms with Crippen LogP contribution in [-0.4, -0.2) is 24.3 Å². The molecule has 1 heterocycles. The Balaban J connectivity index is 1.77. The van der Waals surface area contributed by atoms with Gasteiger partial charge in [0.25, 0.3) is 0 Å². The van der Waals surface area contributed by atoms with Crippen molar-refractivity contribution in [1.29, 1.82) is 0 Å². The van der Waals surface area contributed by atoms with Crippen LogP contribution in [0.15, 0.2) is 21.2 Å². The van der Waals surface area contributed by atoms with E-state index in [0.717, 1.165) is 23.1 Å². The van der Waals surface area contributed by atoms with E-state index >= 15 is 0 Å². The molecule has 6 heteroatoms. The number of carbonyl (C=O) groups excluding carboxylic acids is 1. The van der Waals surface area contributed by atoms with E-state index in [9.17, 15) is 4.79 Å². The first-order chi connectivity index (χ1) is 9.85. The zero-order valence-electron chi connectivity index (χ0n) is 12.7. The van der Waals surface area contributed by atoms with Crippen molar-refractivity contribution in [2.75, 3.05) is 6.54 Å². The minimum Gasteiger partial charge on any atom is -0.467 e. The molecule has 0 aliphatic heterocycles. The summed E-state index contributed by atoms with van der Waals surface area (Å²) >= 11 is 3.42. The number of furan rings is 1. The van der Waals surface area contributed by atoms with Crippen LogP contribution >= 0.6 is 15.9 Å². The molecule has 1 aromatic rings. The van der Waals surface area contributed by atoms with Crippen molar-refractivity contribution in [2.24, 2.45) is 5.92 Å². The number of amides is 1. The van der Waals surface area contributed by atoms with Gasteiger partial charge in [0.1, 0.15) is 11.4 Å². The first-order valence-electron chi connectivity index (χ1n) is 7.27. The van der Waals surface area contributed by atoms with Gasteiger partial charge >= 0.3 is 6.09 Å². The Morgan fingerprint density at radius 3 is 2.76 bits per heavy atom. The van der Waals surface area contributed by atoms with Crippen molar-refractivity contribution in [3.8, 4) is 0 Å². The Labute approximate surface area is 133 Å². The molecule has 0 spiro atoms. The third kappa shape index (κ3) is 5.71. The fraction of sp³-hybridized carbons (Fsp3) is 0.667. The highest BCUT2D eigenvalue weighted by atomic mass is 79.9. The predicted octanol–water partition coefficient (Wildman–Crippen LogP) is 3.44. The predicted molar refractivity (Wildman–Crippen MR) is 84.0 cm³/mol. The summed E-state index contributed by atoms with van der Waals surface area (Å²) in [5.41, 5.74) is -0.468. The number of hydrogen-bond acceptors (Lipinski definition) is 4. The minimum atomic E-state index is -0.468. The molecule has 2 rings (SSSR count). The largest absolute Gasteiger partial charge is 0.467 e. The quantitative estimate of drug-likeness (QED) is 0.817. The van der Waals surface area contributed by atoms with Crippen LogP contribution in [0.4, 0.5) is 4.79 Å². The molecule has 1 amide bonds. The smallest absolute Gasteiger partial charge is 0.407 e. The Morgan fingerprint density at radius 1 is 1.52 bits per heavy atom. The second kappa shape index (κ2) is 6.83. The summed E-state index contributed by atoms with van der Waals surface area (Å²) in [6.07, 6.45) is 3.62. The zero-order valence-corrected chi connectivity index (χ0v) is 14.3. The average molecular weight is 359 g/mol. The highest BCUT2D eigenvalue weighted by Gasteiger charge is 2.33. The second-order valence-corrected chi connectivity index (χ2v) is 7.27. The van der Waals surface area contributed by atoms with E-state index in [1.54, 1.807) is 6.26 Å². The third-order valence-corrected chi connectivity index (χ3v) is 3.94. The van der Waals surface area contributed by atoms with E-state index in [1.165, 1.54) is 0 Å². The number of alkyl carbamates (subject to hydrolysis) is 1. The second-order valence-electron chi connectivity index (χ2n) is 6.41. The normalized spacial score (nSPS) is 16.6. The number of rotatable bonds is 6. The molecule has 0 radical (unpaired) electrons. The van der Waals surface area contributed by atoms with E-state index in [-0.39, 0.29) is 12.1 Å². The highest BCUT2D eigenvalue weighted by molar-refractivity contribution is 9.10. The van der Waals surface area contributed by atoms with Crippen molar-refractivity contribution in [3.05, 3.63) is 22.6 Å². The molecular formula is C15H23BrN2O3. The van der Waals surface area contributed by atoms with Gasteiger partial charge in [-0.15, -0.1) is 0 Å². The molecule has 1 aliphatic carbocycles. The lowest BCUT2D eigenvalue weighted by atomic mass is 10.2. The van der Waals surface area contributed by atoms with Crippen molar-refractivity contribution in [2.45, 2.75) is 51.8 Å². The van der Waals surface area contributed by atoms with Crippen molar-refractivity contribution in [1.82, 2.24) is 10.6 Å². The lowest BCUT2D eigenvalue weighted by molar-refractivity contribution is 0.0497. The maximum atomic E-state index is 11.9. The van der Waals surface area contributed by atoms with Crippen molar-refractivity contribution >= 4 is 22.0 Å². The number of halogens is 1. The van der Waals surface area contributed by atoms with Crippen molar-refractivity contribution in [3.63, 3.8) is 0 Å². The molecule has 2 N–H and O–H groups in total. The van der Waals surface area contributed by atoms with Gasteiger partial charge < -0.3 is 19.8 Å².